The molecule has 140 valence electrons. The van der Waals surface area contributed by atoms with E-state index < -0.39 is 11.8 Å². The predicted octanol–water partition coefficient (Wildman–Crippen LogP) is 4.71. The zero-order valence-electron chi connectivity index (χ0n) is 14.3. The molecule has 0 bridgehead atoms. The third kappa shape index (κ3) is 3.25. The fraction of sp³-hybridized carbons (Fsp3) is 0.0526. The number of nitrogens with zero attached hydrogens (tertiary/aromatic N) is 3. The highest BCUT2D eigenvalue weighted by Gasteiger charge is 2.27. The number of carbonyl (C=O) groups is 1. The fourth-order valence-corrected chi connectivity index (χ4v) is 2.88. The number of ether oxygens (including phenoxy) is 1. The predicted molar refractivity (Wildman–Crippen MR) is 96.3 cm³/mol. The summed E-state index contributed by atoms with van der Waals surface area (Å²) < 4.78 is 29.8. The molecule has 0 atom stereocenters. The molecule has 0 saturated carbocycles. The van der Waals surface area contributed by atoms with Crippen LogP contribution in [0.5, 0.6) is 5.75 Å². The molecule has 7 nitrogen and oxygen atoms in total. The molecule has 4 rings (SSSR count). The van der Waals surface area contributed by atoms with E-state index in [1.807, 2.05) is 0 Å². The second-order valence-corrected chi connectivity index (χ2v) is 6.12. The van der Waals surface area contributed by atoms with E-state index in [4.69, 9.17) is 25.3 Å². The summed E-state index contributed by atoms with van der Waals surface area (Å²) in [5.41, 5.74) is 0.609. The Hall–Kier alpha value is -3.52. The Morgan fingerprint density at radius 3 is 2.64 bits per heavy atom. The van der Waals surface area contributed by atoms with Gasteiger partial charge >= 0.3 is 5.97 Å². The van der Waals surface area contributed by atoms with Gasteiger partial charge < -0.3 is 13.7 Å². The van der Waals surface area contributed by atoms with Crippen molar-refractivity contribution in [2.24, 2.45) is 0 Å². The first-order valence-corrected chi connectivity index (χ1v) is 8.42. The Balaban J connectivity index is 1.64. The quantitative estimate of drug-likeness (QED) is 0.362. The highest BCUT2D eigenvalue weighted by Crippen LogP contribution is 2.34. The Bertz CT molecular complexity index is 1120. The lowest BCUT2D eigenvalue weighted by Gasteiger charge is -2.07. The molecule has 28 heavy (non-hydrogen) atoms. The zero-order chi connectivity index (χ0) is 19.7. The highest BCUT2D eigenvalue weighted by molar-refractivity contribution is 6.33. The molecule has 2 heterocycles. The maximum absolute atomic E-state index is 14.3. The molecule has 0 radical (unpaired) electrons. The molecular formula is C19H11ClFN3O4. The van der Waals surface area contributed by atoms with Gasteiger partial charge in [0.15, 0.2) is 0 Å². The van der Waals surface area contributed by atoms with Crippen LogP contribution in [0, 0.1) is 12.7 Å². The average molecular weight is 400 g/mol. The van der Waals surface area contributed by atoms with Crippen molar-refractivity contribution in [3.8, 4) is 28.5 Å². The number of aryl methyl sites for hydroxylation is 1. The van der Waals surface area contributed by atoms with Crippen molar-refractivity contribution in [2.45, 2.75) is 6.92 Å². The summed E-state index contributed by atoms with van der Waals surface area (Å²) >= 11 is 6.08. The van der Waals surface area contributed by atoms with Crippen molar-refractivity contribution >= 4 is 17.6 Å². The lowest BCUT2D eigenvalue weighted by atomic mass is 10.1. The average Bonchev–Trinajstić information content (AvgIpc) is 3.33. The maximum atomic E-state index is 14.3. The van der Waals surface area contributed by atoms with Crippen LogP contribution in [0.4, 0.5) is 4.39 Å². The Kier molecular flexibility index (Phi) is 4.62. The standard InChI is InChI=1S/C19H11ClFN3O4/c1-10-15(17(24-28-10)16-13(20)3-2-4-14(16)21)19(25)27-12-7-5-11(6-8-12)18-23-22-9-26-18/h2-9H,1H3. The van der Waals surface area contributed by atoms with Crippen molar-refractivity contribution in [1.82, 2.24) is 15.4 Å². The van der Waals surface area contributed by atoms with E-state index in [9.17, 15) is 9.18 Å². The molecule has 2 aromatic carbocycles. The van der Waals surface area contributed by atoms with Crippen LogP contribution in [-0.4, -0.2) is 21.3 Å². The van der Waals surface area contributed by atoms with E-state index in [-0.39, 0.29) is 33.4 Å². The molecule has 0 N–H and O–H groups in total. The summed E-state index contributed by atoms with van der Waals surface area (Å²) in [6.07, 6.45) is 1.22. The molecule has 0 aliphatic carbocycles. The van der Waals surface area contributed by atoms with Gasteiger partial charge in [-0.3, -0.25) is 0 Å². The van der Waals surface area contributed by atoms with Crippen LogP contribution in [0.3, 0.4) is 0 Å². The van der Waals surface area contributed by atoms with E-state index in [1.165, 1.54) is 31.5 Å². The molecule has 0 saturated heterocycles. The topological polar surface area (TPSA) is 91.2 Å². The third-order valence-corrected chi connectivity index (χ3v) is 4.25. The van der Waals surface area contributed by atoms with Gasteiger partial charge in [0, 0.05) is 5.56 Å². The van der Waals surface area contributed by atoms with E-state index >= 15 is 0 Å². The number of hydrogen-bond donors (Lipinski definition) is 0. The summed E-state index contributed by atoms with van der Waals surface area (Å²) in [4.78, 5) is 12.7. The lowest BCUT2D eigenvalue weighted by Crippen LogP contribution is -2.10. The number of hydrogen-bond acceptors (Lipinski definition) is 7. The number of aromatic nitrogens is 3. The number of esters is 1. The second-order valence-electron chi connectivity index (χ2n) is 5.72. The van der Waals surface area contributed by atoms with Gasteiger partial charge in [-0.2, -0.15) is 0 Å². The van der Waals surface area contributed by atoms with E-state index in [0.29, 0.717) is 11.5 Å². The van der Waals surface area contributed by atoms with Gasteiger partial charge in [-0.25, -0.2) is 9.18 Å². The minimum Gasteiger partial charge on any atom is -0.423 e. The maximum Gasteiger partial charge on any atom is 0.349 e. The number of halogens is 2. The van der Waals surface area contributed by atoms with Crippen molar-refractivity contribution in [3.63, 3.8) is 0 Å². The minimum absolute atomic E-state index is 0.00650. The molecule has 9 heteroatoms. The second kappa shape index (κ2) is 7.24. The number of carbonyl (C=O) groups excluding carboxylic acids is 1. The van der Waals surface area contributed by atoms with Crippen LogP contribution < -0.4 is 4.74 Å². The summed E-state index contributed by atoms with van der Waals surface area (Å²) in [6.45, 7) is 1.53. The van der Waals surface area contributed by atoms with Crippen molar-refractivity contribution < 1.29 is 22.9 Å². The van der Waals surface area contributed by atoms with Crippen LogP contribution >= 0.6 is 11.6 Å². The first-order valence-electron chi connectivity index (χ1n) is 8.04. The first-order chi connectivity index (χ1) is 13.5. The first kappa shape index (κ1) is 17.9. The molecule has 0 fully saturated rings. The number of rotatable bonds is 4. The van der Waals surface area contributed by atoms with Crippen LogP contribution in [-0.2, 0) is 0 Å². The van der Waals surface area contributed by atoms with Gasteiger partial charge in [0.2, 0.25) is 12.3 Å². The monoisotopic (exact) mass is 399 g/mol. The zero-order valence-corrected chi connectivity index (χ0v) is 15.1. The normalized spacial score (nSPS) is 10.8. The van der Waals surface area contributed by atoms with E-state index in [2.05, 4.69) is 15.4 Å². The smallest absolute Gasteiger partial charge is 0.349 e. The molecular weight excluding hydrogens is 389 g/mol. The van der Waals surface area contributed by atoms with Gasteiger partial charge in [-0.15, -0.1) is 10.2 Å². The molecule has 0 aliphatic rings. The van der Waals surface area contributed by atoms with Crippen molar-refractivity contribution in [1.29, 1.82) is 0 Å². The van der Waals surface area contributed by atoms with Crippen LogP contribution in [0.15, 0.2) is 57.8 Å². The molecule has 2 aromatic heterocycles. The van der Waals surface area contributed by atoms with Gasteiger partial charge in [-0.05, 0) is 43.3 Å². The largest absolute Gasteiger partial charge is 0.423 e. The SMILES string of the molecule is Cc1onc(-c2c(F)cccc2Cl)c1C(=O)Oc1ccc(-c2nnco2)cc1. The molecule has 4 aromatic rings. The summed E-state index contributed by atoms with van der Waals surface area (Å²) in [7, 11) is 0. The summed E-state index contributed by atoms with van der Waals surface area (Å²) in [5.74, 6) is -0.595. The third-order valence-electron chi connectivity index (χ3n) is 3.94. The minimum atomic E-state index is -0.751. The van der Waals surface area contributed by atoms with Crippen LogP contribution in [0.25, 0.3) is 22.7 Å². The van der Waals surface area contributed by atoms with Gasteiger partial charge in [0.1, 0.15) is 28.6 Å². The highest BCUT2D eigenvalue weighted by atomic mass is 35.5. The summed E-state index contributed by atoms with van der Waals surface area (Å²) in [5, 5.41) is 11.3. The van der Waals surface area contributed by atoms with Crippen molar-refractivity contribution in [3.05, 3.63) is 71.0 Å². The molecule has 0 amide bonds. The Morgan fingerprint density at radius 2 is 1.96 bits per heavy atom. The number of benzene rings is 2. The lowest BCUT2D eigenvalue weighted by molar-refractivity contribution is 0.0733. The van der Waals surface area contributed by atoms with Gasteiger partial charge in [0.25, 0.3) is 0 Å². The summed E-state index contributed by atoms with van der Waals surface area (Å²) in [6, 6.07) is 10.6. The molecule has 0 aliphatic heterocycles. The van der Waals surface area contributed by atoms with Crippen LogP contribution in [0.1, 0.15) is 16.1 Å². The van der Waals surface area contributed by atoms with E-state index in [1.54, 1.807) is 24.3 Å². The van der Waals surface area contributed by atoms with Gasteiger partial charge in [0.05, 0.1) is 10.6 Å². The molecule has 0 unspecified atom stereocenters. The Labute approximate surface area is 162 Å². The van der Waals surface area contributed by atoms with Crippen LogP contribution in [0.2, 0.25) is 5.02 Å². The van der Waals surface area contributed by atoms with Gasteiger partial charge in [-0.1, -0.05) is 22.8 Å². The van der Waals surface area contributed by atoms with Crippen molar-refractivity contribution in [2.75, 3.05) is 0 Å². The Morgan fingerprint density at radius 1 is 1.18 bits per heavy atom. The fourth-order valence-electron chi connectivity index (χ4n) is 2.63. The molecule has 0 spiro atoms. The van der Waals surface area contributed by atoms with E-state index in [0.717, 1.165) is 0 Å².